The van der Waals surface area contributed by atoms with Crippen LogP contribution in [-0.4, -0.2) is 15.9 Å². The smallest absolute Gasteiger partial charge is 0.121 e. The first-order valence-electron chi connectivity index (χ1n) is 5.92. The van der Waals surface area contributed by atoms with Gasteiger partial charge in [-0.15, -0.1) is 0 Å². The zero-order valence-corrected chi connectivity index (χ0v) is 10.00. The van der Waals surface area contributed by atoms with Gasteiger partial charge < -0.3 is 13.5 Å². The van der Waals surface area contributed by atoms with Gasteiger partial charge >= 0.3 is 0 Å². The van der Waals surface area contributed by atoms with Crippen molar-refractivity contribution in [2.45, 2.75) is 0 Å². The summed E-state index contributed by atoms with van der Waals surface area (Å²) in [5.41, 5.74) is 4.76. The topological polar surface area (TPSA) is 18.1 Å². The predicted octanol–water partition coefficient (Wildman–Crippen LogP) is 3.35. The van der Waals surface area contributed by atoms with E-state index in [2.05, 4.69) is 57.6 Å². The predicted molar refractivity (Wildman–Crippen MR) is 72.4 cm³/mol. The lowest BCUT2D eigenvalue weighted by molar-refractivity contribution is 0.415. The third-order valence-corrected chi connectivity index (χ3v) is 3.46. The number of hydrogen-bond acceptors (Lipinski definition) is 1. The van der Waals surface area contributed by atoms with E-state index in [1.165, 1.54) is 16.6 Å². The molecule has 88 valence electrons. The molecule has 0 bridgehead atoms. The Morgan fingerprint density at radius 1 is 0.778 bits per heavy atom. The van der Waals surface area contributed by atoms with Gasteiger partial charge in [0.15, 0.2) is 0 Å². The Labute approximate surface area is 104 Å². The highest BCUT2D eigenvalue weighted by molar-refractivity contribution is 5.89. The van der Waals surface area contributed by atoms with Crippen LogP contribution in [0.1, 0.15) is 0 Å². The molecule has 4 rings (SSSR count). The Morgan fingerprint density at radius 2 is 1.39 bits per heavy atom. The molecule has 0 N–H and O–H groups in total. The molecular formula is C15H12N2O. The Kier molecular flexibility index (Phi) is 1.75. The first-order valence-corrected chi connectivity index (χ1v) is 5.92. The molecule has 0 radical (unpaired) electrons. The molecule has 0 atom stereocenters. The fraction of sp³-hybridized carbons (Fsp3) is 0.0667. The largest absolute Gasteiger partial charge is 0.497 e. The second kappa shape index (κ2) is 3.29. The van der Waals surface area contributed by atoms with Crippen LogP contribution in [0.15, 0.2) is 54.9 Å². The molecular weight excluding hydrogens is 224 g/mol. The molecule has 3 heteroatoms. The van der Waals surface area contributed by atoms with Crippen molar-refractivity contribution in [3.63, 3.8) is 0 Å². The maximum Gasteiger partial charge on any atom is 0.121 e. The lowest BCUT2D eigenvalue weighted by Crippen LogP contribution is -1.95. The van der Waals surface area contributed by atoms with Crippen molar-refractivity contribution in [1.82, 2.24) is 8.80 Å². The zero-order valence-electron chi connectivity index (χ0n) is 10.00. The number of fused-ring (bicyclic) bond motifs is 6. The van der Waals surface area contributed by atoms with Crippen LogP contribution >= 0.6 is 0 Å². The van der Waals surface area contributed by atoms with Gasteiger partial charge in [-0.2, -0.15) is 0 Å². The van der Waals surface area contributed by atoms with E-state index in [1.807, 2.05) is 6.07 Å². The highest BCUT2D eigenvalue weighted by Crippen LogP contribution is 2.26. The van der Waals surface area contributed by atoms with E-state index in [-0.39, 0.29) is 0 Å². The van der Waals surface area contributed by atoms with E-state index in [0.29, 0.717) is 0 Å². The first-order chi connectivity index (χ1) is 8.88. The monoisotopic (exact) mass is 236 g/mol. The van der Waals surface area contributed by atoms with Gasteiger partial charge in [-0.25, -0.2) is 0 Å². The van der Waals surface area contributed by atoms with Gasteiger partial charge in [-0.3, -0.25) is 0 Å². The first kappa shape index (κ1) is 9.59. The minimum absolute atomic E-state index is 0.879. The average Bonchev–Trinajstić information content (AvgIpc) is 3.06. The second-order valence-corrected chi connectivity index (χ2v) is 4.38. The molecule has 3 heterocycles. The lowest BCUT2D eigenvalue weighted by Gasteiger charge is -2.09. The van der Waals surface area contributed by atoms with Gasteiger partial charge in [0.25, 0.3) is 0 Å². The molecule has 0 aliphatic carbocycles. The number of benzene rings is 1. The van der Waals surface area contributed by atoms with E-state index < -0.39 is 0 Å². The average molecular weight is 236 g/mol. The van der Waals surface area contributed by atoms with Gasteiger partial charge in [0.2, 0.25) is 0 Å². The van der Waals surface area contributed by atoms with E-state index >= 15 is 0 Å². The van der Waals surface area contributed by atoms with Crippen LogP contribution in [0, 0.1) is 0 Å². The lowest BCUT2D eigenvalue weighted by atomic mass is 10.2. The Balaban J connectivity index is 2.35. The van der Waals surface area contributed by atoms with Gasteiger partial charge in [0.05, 0.1) is 29.2 Å². The Bertz CT molecular complexity index is 870. The van der Waals surface area contributed by atoms with Crippen molar-refractivity contribution in [1.29, 1.82) is 0 Å². The molecule has 3 nitrogen and oxygen atoms in total. The summed E-state index contributed by atoms with van der Waals surface area (Å²) in [6.07, 6.45) is 4.18. The molecule has 0 amide bonds. The number of hydrogen-bond donors (Lipinski definition) is 0. The highest BCUT2D eigenvalue weighted by Gasteiger charge is 2.08. The molecule has 0 aliphatic rings. The fourth-order valence-corrected chi connectivity index (χ4v) is 2.63. The van der Waals surface area contributed by atoms with E-state index in [4.69, 9.17) is 4.74 Å². The zero-order chi connectivity index (χ0) is 12.1. The molecule has 0 unspecified atom stereocenters. The van der Waals surface area contributed by atoms with Crippen LogP contribution in [-0.2, 0) is 0 Å². The molecule has 18 heavy (non-hydrogen) atoms. The summed E-state index contributed by atoms with van der Waals surface area (Å²) in [6, 6.07) is 14.6. The molecule has 0 fully saturated rings. The molecule has 0 saturated heterocycles. The summed E-state index contributed by atoms with van der Waals surface area (Å²) in [5, 5.41) is 0. The standard InChI is InChI=1S/C15H12N2O/c1-18-11-6-7-14-15(10-11)17-9-3-5-13(17)12-4-2-8-16(12)14/h2-10H,1H3. The number of aromatic nitrogens is 2. The van der Waals surface area contributed by atoms with Crippen molar-refractivity contribution in [2.75, 3.05) is 7.11 Å². The molecule has 0 aliphatic heterocycles. The number of ether oxygens (including phenoxy) is 1. The maximum atomic E-state index is 5.32. The molecule has 0 spiro atoms. The van der Waals surface area contributed by atoms with Crippen molar-refractivity contribution >= 4 is 22.1 Å². The minimum Gasteiger partial charge on any atom is -0.497 e. The fourth-order valence-electron chi connectivity index (χ4n) is 2.63. The summed E-state index contributed by atoms with van der Waals surface area (Å²) in [7, 11) is 1.70. The van der Waals surface area contributed by atoms with Gasteiger partial charge in [0, 0.05) is 18.5 Å². The van der Waals surface area contributed by atoms with Crippen LogP contribution < -0.4 is 4.74 Å². The quantitative estimate of drug-likeness (QED) is 0.495. The summed E-state index contributed by atoms with van der Waals surface area (Å²) in [4.78, 5) is 0. The van der Waals surface area contributed by atoms with Crippen molar-refractivity contribution in [2.24, 2.45) is 0 Å². The Morgan fingerprint density at radius 3 is 2.06 bits per heavy atom. The van der Waals surface area contributed by atoms with Crippen LogP contribution in [0.3, 0.4) is 0 Å². The van der Waals surface area contributed by atoms with Gasteiger partial charge in [-0.1, -0.05) is 0 Å². The molecule has 0 saturated carbocycles. The van der Waals surface area contributed by atoms with E-state index in [1.54, 1.807) is 7.11 Å². The summed E-state index contributed by atoms with van der Waals surface area (Å²) >= 11 is 0. The van der Waals surface area contributed by atoms with E-state index in [0.717, 1.165) is 11.3 Å². The van der Waals surface area contributed by atoms with Crippen LogP contribution in [0.4, 0.5) is 0 Å². The van der Waals surface area contributed by atoms with Crippen molar-refractivity contribution in [3.05, 3.63) is 54.9 Å². The third-order valence-electron chi connectivity index (χ3n) is 3.46. The third kappa shape index (κ3) is 1.08. The molecule has 1 aromatic carbocycles. The van der Waals surface area contributed by atoms with Crippen LogP contribution in [0.25, 0.3) is 22.1 Å². The van der Waals surface area contributed by atoms with Gasteiger partial charge in [-0.05, 0) is 36.4 Å². The number of nitrogens with zero attached hydrogens (tertiary/aromatic N) is 2. The van der Waals surface area contributed by atoms with E-state index in [9.17, 15) is 0 Å². The highest BCUT2D eigenvalue weighted by atomic mass is 16.5. The minimum atomic E-state index is 0.879. The Hall–Kier alpha value is -2.42. The van der Waals surface area contributed by atoms with Crippen molar-refractivity contribution in [3.8, 4) is 5.75 Å². The van der Waals surface area contributed by atoms with Crippen LogP contribution in [0.2, 0.25) is 0 Å². The normalized spacial score (nSPS) is 11.6. The maximum absolute atomic E-state index is 5.32. The second-order valence-electron chi connectivity index (χ2n) is 4.38. The van der Waals surface area contributed by atoms with Crippen LogP contribution in [0.5, 0.6) is 5.75 Å². The van der Waals surface area contributed by atoms with Crippen molar-refractivity contribution < 1.29 is 4.74 Å². The molecule has 4 aromatic rings. The SMILES string of the molecule is COc1ccc2c(c1)n1cccc1c1cccn12. The summed E-state index contributed by atoms with van der Waals surface area (Å²) < 4.78 is 9.73. The van der Waals surface area contributed by atoms with Gasteiger partial charge in [0.1, 0.15) is 5.75 Å². The number of rotatable bonds is 1. The number of methoxy groups -OCH3 is 1. The summed E-state index contributed by atoms with van der Waals surface area (Å²) in [5.74, 6) is 0.879. The summed E-state index contributed by atoms with van der Waals surface area (Å²) in [6.45, 7) is 0. The molecule has 3 aromatic heterocycles.